The summed E-state index contributed by atoms with van der Waals surface area (Å²) in [5.74, 6) is 0.0612. The smallest absolute Gasteiger partial charge is 0.227 e. The van der Waals surface area contributed by atoms with Gasteiger partial charge in [-0.3, -0.25) is 4.79 Å². The molecule has 0 radical (unpaired) electrons. The molecule has 12 heavy (non-hydrogen) atoms. The van der Waals surface area contributed by atoms with Crippen LogP contribution in [-0.4, -0.2) is 10.3 Å². The van der Waals surface area contributed by atoms with Crippen LogP contribution in [0.4, 0.5) is 5.00 Å². The van der Waals surface area contributed by atoms with Crippen LogP contribution in [0, 0.1) is 12.8 Å². The van der Waals surface area contributed by atoms with Crippen LogP contribution in [0.25, 0.3) is 0 Å². The highest BCUT2D eigenvalue weighted by Crippen LogP contribution is 2.15. The fourth-order valence-corrected chi connectivity index (χ4v) is 1.35. The molecule has 0 saturated carbocycles. The Kier molecular flexibility index (Phi) is 2.81. The van der Waals surface area contributed by atoms with Crippen molar-refractivity contribution in [2.24, 2.45) is 5.92 Å². The van der Waals surface area contributed by atoms with Gasteiger partial charge in [-0.05, 0) is 24.5 Å². The minimum absolute atomic E-state index is 0.0207. The fourth-order valence-electron chi connectivity index (χ4n) is 0.688. The van der Waals surface area contributed by atoms with Gasteiger partial charge in [-0.1, -0.05) is 13.8 Å². The van der Waals surface area contributed by atoms with E-state index >= 15 is 0 Å². The molecule has 1 N–H and O–H groups in total. The van der Waals surface area contributed by atoms with Gasteiger partial charge in [-0.15, -0.1) is 0 Å². The van der Waals surface area contributed by atoms with Gasteiger partial charge in [0.1, 0.15) is 5.00 Å². The molecule has 0 aliphatic heterocycles. The van der Waals surface area contributed by atoms with Crippen molar-refractivity contribution in [2.45, 2.75) is 20.8 Å². The molecule has 0 aliphatic rings. The SMILES string of the molecule is Cc1cc(NC(=O)C(C)C)sn1. The number of carbonyl (C=O) groups excluding carboxylic acids is 1. The highest BCUT2D eigenvalue weighted by Gasteiger charge is 2.07. The first-order valence-corrected chi connectivity index (χ1v) is 4.61. The van der Waals surface area contributed by atoms with Crippen LogP contribution in [0.1, 0.15) is 19.5 Å². The first kappa shape index (κ1) is 9.19. The Balaban J connectivity index is 2.58. The number of hydrogen-bond donors (Lipinski definition) is 1. The number of nitrogens with one attached hydrogen (secondary N) is 1. The minimum atomic E-state index is 0.0207. The zero-order valence-electron chi connectivity index (χ0n) is 7.42. The van der Waals surface area contributed by atoms with Crippen LogP contribution in [-0.2, 0) is 4.79 Å². The Bertz CT molecular complexity index is 280. The summed E-state index contributed by atoms with van der Waals surface area (Å²) in [6.45, 7) is 5.63. The molecule has 0 unspecified atom stereocenters. The van der Waals surface area contributed by atoms with Crippen molar-refractivity contribution in [3.05, 3.63) is 11.8 Å². The summed E-state index contributed by atoms with van der Waals surface area (Å²) in [6, 6.07) is 1.87. The highest BCUT2D eigenvalue weighted by atomic mass is 32.1. The lowest BCUT2D eigenvalue weighted by atomic mass is 10.2. The molecule has 0 fully saturated rings. The lowest BCUT2D eigenvalue weighted by Gasteiger charge is -2.03. The number of aryl methyl sites for hydroxylation is 1. The van der Waals surface area contributed by atoms with Crippen LogP contribution in [0.3, 0.4) is 0 Å². The largest absolute Gasteiger partial charge is 0.316 e. The molecule has 4 heteroatoms. The zero-order chi connectivity index (χ0) is 9.14. The Morgan fingerprint density at radius 2 is 2.33 bits per heavy atom. The molecule has 0 aliphatic carbocycles. The third kappa shape index (κ3) is 2.30. The predicted molar refractivity (Wildman–Crippen MR) is 50.3 cm³/mol. The predicted octanol–water partition coefficient (Wildman–Crippen LogP) is 2.05. The average molecular weight is 184 g/mol. The van der Waals surface area contributed by atoms with Gasteiger partial charge in [-0.25, -0.2) is 0 Å². The van der Waals surface area contributed by atoms with Gasteiger partial charge in [0.2, 0.25) is 5.91 Å². The van der Waals surface area contributed by atoms with Gasteiger partial charge in [0, 0.05) is 5.92 Å². The molecule has 0 bridgehead atoms. The van der Waals surface area contributed by atoms with E-state index in [-0.39, 0.29) is 11.8 Å². The third-order valence-electron chi connectivity index (χ3n) is 1.40. The Morgan fingerprint density at radius 1 is 1.67 bits per heavy atom. The van der Waals surface area contributed by atoms with Crippen molar-refractivity contribution in [3.8, 4) is 0 Å². The number of nitrogens with zero attached hydrogens (tertiary/aromatic N) is 1. The quantitative estimate of drug-likeness (QED) is 0.764. The van der Waals surface area contributed by atoms with Gasteiger partial charge >= 0.3 is 0 Å². The number of rotatable bonds is 2. The maximum Gasteiger partial charge on any atom is 0.227 e. The van der Waals surface area contributed by atoms with E-state index in [2.05, 4.69) is 9.69 Å². The maximum atomic E-state index is 11.2. The molecule has 0 spiro atoms. The van der Waals surface area contributed by atoms with Gasteiger partial charge in [0.05, 0.1) is 5.69 Å². The van der Waals surface area contributed by atoms with Crippen molar-refractivity contribution in [1.29, 1.82) is 0 Å². The molecule has 1 aromatic heterocycles. The summed E-state index contributed by atoms with van der Waals surface area (Å²) >= 11 is 1.31. The summed E-state index contributed by atoms with van der Waals surface area (Å²) in [7, 11) is 0. The lowest BCUT2D eigenvalue weighted by Crippen LogP contribution is -2.16. The van der Waals surface area contributed by atoms with E-state index in [1.165, 1.54) is 11.5 Å². The molecule has 66 valence electrons. The maximum absolute atomic E-state index is 11.2. The number of anilines is 1. The second kappa shape index (κ2) is 3.67. The monoisotopic (exact) mass is 184 g/mol. The van der Waals surface area contributed by atoms with E-state index in [9.17, 15) is 4.79 Å². The van der Waals surface area contributed by atoms with E-state index in [1.54, 1.807) is 0 Å². The second-order valence-corrected chi connectivity index (χ2v) is 3.78. The van der Waals surface area contributed by atoms with E-state index in [4.69, 9.17) is 0 Å². The Hall–Kier alpha value is -0.900. The van der Waals surface area contributed by atoms with Crippen molar-refractivity contribution in [3.63, 3.8) is 0 Å². The van der Waals surface area contributed by atoms with Crippen molar-refractivity contribution in [2.75, 3.05) is 5.32 Å². The van der Waals surface area contributed by atoms with Crippen LogP contribution in [0.15, 0.2) is 6.07 Å². The molecule has 1 amide bonds. The van der Waals surface area contributed by atoms with E-state index < -0.39 is 0 Å². The minimum Gasteiger partial charge on any atom is -0.316 e. The Labute approximate surface area is 76.0 Å². The summed E-state index contributed by atoms with van der Waals surface area (Å²) in [5, 5.41) is 3.60. The van der Waals surface area contributed by atoms with E-state index in [1.807, 2.05) is 26.8 Å². The normalized spacial score (nSPS) is 10.3. The van der Waals surface area contributed by atoms with Gasteiger partial charge < -0.3 is 5.32 Å². The molecule has 3 nitrogen and oxygen atoms in total. The summed E-state index contributed by atoms with van der Waals surface area (Å²) in [5.41, 5.74) is 0.944. The molecule has 0 aromatic carbocycles. The summed E-state index contributed by atoms with van der Waals surface area (Å²) in [6.07, 6.45) is 0. The van der Waals surface area contributed by atoms with Crippen LogP contribution in [0.5, 0.6) is 0 Å². The molecular formula is C8H12N2OS. The number of hydrogen-bond acceptors (Lipinski definition) is 3. The number of carbonyl (C=O) groups is 1. The van der Waals surface area contributed by atoms with Gasteiger partial charge in [0.15, 0.2) is 0 Å². The molecule has 0 saturated heterocycles. The first-order chi connectivity index (χ1) is 5.59. The Morgan fingerprint density at radius 3 is 2.75 bits per heavy atom. The lowest BCUT2D eigenvalue weighted by molar-refractivity contribution is -0.118. The highest BCUT2D eigenvalue weighted by molar-refractivity contribution is 7.10. The summed E-state index contributed by atoms with van der Waals surface area (Å²) in [4.78, 5) is 11.2. The average Bonchev–Trinajstić information content (AvgIpc) is 2.35. The van der Waals surface area contributed by atoms with Gasteiger partial charge in [-0.2, -0.15) is 4.37 Å². The second-order valence-electron chi connectivity index (χ2n) is 2.98. The fraction of sp³-hybridized carbons (Fsp3) is 0.500. The number of aromatic nitrogens is 1. The van der Waals surface area contributed by atoms with Crippen LogP contribution >= 0.6 is 11.5 Å². The van der Waals surface area contributed by atoms with E-state index in [0.717, 1.165) is 10.7 Å². The number of amides is 1. The molecule has 1 aromatic rings. The van der Waals surface area contributed by atoms with Crippen molar-refractivity contribution >= 4 is 22.4 Å². The molecule has 1 rings (SSSR count). The molecular weight excluding hydrogens is 172 g/mol. The topological polar surface area (TPSA) is 42.0 Å². The molecule has 0 atom stereocenters. The van der Waals surface area contributed by atoms with Crippen LogP contribution in [0.2, 0.25) is 0 Å². The van der Waals surface area contributed by atoms with Crippen molar-refractivity contribution < 1.29 is 4.79 Å². The standard InChI is InChI=1S/C8H12N2OS/c1-5(2)8(11)9-7-4-6(3)10-12-7/h4-5H,1-3H3,(H,9,11). The first-order valence-electron chi connectivity index (χ1n) is 3.84. The van der Waals surface area contributed by atoms with Gasteiger partial charge in [0.25, 0.3) is 0 Å². The van der Waals surface area contributed by atoms with E-state index in [0.29, 0.717) is 0 Å². The van der Waals surface area contributed by atoms with Crippen LogP contribution < -0.4 is 5.32 Å². The van der Waals surface area contributed by atoms with Crippen molar-refractivity contribution in [1.82, 2.24) is 4.37 Å². The molecule has 1 heterocycles. The summed E-state index contributed by atoms with van der Waals surface area (Å²) < 4.78 is 4.06. The third-order valence-corrected chi connectivity index (χ3v) is 2.19. The zero-order valence-corrected chi connectivity index (χ0v) is 8.23.